The van der Waals surface area contributed by atoms with Crippen molar-refractivity contribution in [2.75, 3.05) is 32.8 Å². The minimum atomic E-state index is -5.08. The van der Waals surface area contributed by atoms with Gasteiger partial charge in [0.05, 0.1) is 17.9 Å². The molecular formula is C20H30F3N5O4. The third-order valence-corrected chi connectivity index (χ3v) is 6.18. The van der Waals surface area contributed by atoms with E-state index in [2.05, 4.69) is 21.4 Å². The summed E-state index contributed by atoms with van der Waals surface area (Å²) in [5.41, 5.74) is 0.468. The van der Waals surface area contributed by atoms with E-state index in [-0.39, 0.29) is 5.91 Å². The zero-order valence-corrected chi connectivity index (χ0v) is 18.2. The van der Waals surface area contributed by atoms with E-state index in [4.69, 9.17) is 14.6 Å². The maximum absolute atomic E-state index is 12.7. The van der Waals surface area contributed by atoms with Crippen LogP contribution in [0.2, 0.25) is 0 Å². The lowest BCUT2D eigenvalue weighted by molar-refractivity contribution is -0.192. The van der Waals surface area contributed by atoms with Crippen molar-refractivity contribution in [2.24, 2.45) is 0 Å². The van der Waals surface area contributed by atoms with Gasteiger partial charge < -0.3 is 14.7 Å². The van der Waals surface area contributed by atoms with Gasteiger partial charge in [-0.05, 0) is 58.5 Å². The largest absolute Gasteiger partial charge is 0.490 e. The van der Waals surface area contributed by atoms with E-state index in [1.807, 2.05) is 16.5 Å². The van der Waals surface area contributed by atoms with Crippen LogP contribution in [0, 0.1) is 0 Å². The number of likely N-dealkylation sites (tertiary alicyclic amines) is 2. The number of nitrogens with zero attached hydrogens (tertiary/aromatic N) is 5. The van der Waals surface area contributed by atoms with Crippen LogP contribution in [0.3, 0.4) is 0 Å². The lowest BCUT2D eigenvalue weighted by Gasteiger charge is -2.36. The summed E-state index contributed by atoms with van der Waals surface area (Å²) in [5.74, 6) is -2.59. The fraction of sp³-hybridized carbons (Fsp3) is 0.800. The molecule has 4 rings (SSSR count). The number of halogens is 3. The van der Waals surface area contributed by atoms with Crippen molar-refractivity contribution in [3.8, 4) is 0 Å². The molecule has 0 bridgehead atoms. The highest BCUT2D eigenvalue weighted by molar-refractivity contribution is 5.85. The van der Waals surface area contributed by atoms with Crippen LogP contribution in [-0.2, 0) is 20.9 Å². The van der Waals surface area contributed by atoms with Crippen LogP contribution in [0.1, 0.15) is 57.2 Å². The molecule has 3 fully saturated rings. The molecule has 180 valence electrons. The summed E-state index contributed by atoms with van der Waals surface area (Å²) >= 11 is 0. The van der Waals surface area contributed by atoms with Gasteiger partial charge in [-0.15, -0.1) is 5.10 Å². The van der Waals surface area contributed by atoms with Crippen molar-refractivity contribution >= 4 is 11.9 Å². The average molecular weight is 461 g/mol. The number of carboxylic acid groups (broad SMARTS) is 1. The summed E-state index contributed by atoms with van der Waals surface area (Å²) in [4.78, 5) is 26.0. The van der Waals surface area contributed by atoms with E-state index in [9.17, 15) is 18.0 Å². The smallest absolute Gasteiger partial charge is 0.475 e. The number of hydrogen-bond acceptors (Lipinski definition) is 6. The van der Waals surface area contributed by atoms with Gasteiger partial charge in [0.25, 0.3) is 5.91 Å². The summed E-state index contributed by atoms with van der Waals surface area (Å²) in [6, 6.07) is 0.348. The molecule has 0 spiro atoms. The van der Waals surface area contributed by atoms with Crippen molar-refractivity contribution in [3.05, 3.63) is 11.9 Å². The average Bonchev–Trinajstić information content (AvgIpc) is 3.51. The summed E-state index contributed by atoms with van der Waals surface area (Å²) in [5, 5.41) is 15.8. The molecule has 3 aliphatic heterocycles. The molecule has 1 amide bonds. The first-order valence-electron chi connectivity index (χ1n) is 10.9. The van der Waals surface area contributed by atoms with E-state index in [1.54, 1.807) is 0 Å². The number of piperidine rings is 1. The Morgan fingerprint density at radius 3 is 2.34 bits per heavy atom. The maximum Gasteiger partial charge on any atom is 0.490 e. The molecule has 1 aromatic rings. The number of alkyl halides is 3. The molecule has 9 nitrogen and oxygen atoms in total. The Labute approximate surface area is 184 Å². The fourth-order valence-electron chi connectivity index (χ4n) is 4.35. The number of ether oxygens (including phenoxy) is 1. The Morgan fingerprint density at radius 2 is 1.81 bits per heavy atom. The molecule has 0 aromatic carbocycles. The van der Waals surface area contributed by atoms with Crippen LogP contribution in [-0.4, -0.2) is 86.3 Å². The lowest BCUT2D eigenvalue weighted by Crippen LogP contribution is -2.49. The number of rotatable bonds is 4. The van der Waals surface area contributed by atoms with Gasteiger partial charge in [0.2, 0.25) is 0 Å². The molecule has 3 aliphatic rings. The standard InChI is InChI=1S/C18H29N5O2.C2HF3O2/c1-18(7-4-12-25-18)17(24)22-10-5-16(6-11-22)23-14-15(19-20-23)13-21-8-2-3-9-21;3-2(4,5)1(6)7/h14,16H,2-13H2,1H3;(H,6,7). The van der Waals surface area contributed by atoms with Crippen molar-refractivity contribution in [1.82, 2.24) is 24.8 Å². The predicted molar refractivity (Wildman–Crippen MR) is 107 cm³/mol. The van der Waals surface area contributed by atoms with Gasteiger partial charge in [0.15, 0.2) is 0 Å². The molecule has 1 aromatic heterocycles. The van der Waals surface area contributed by atoms with Crippen LogP contribution in [0.5, 0.6) is 0 Å². The van der Waals surface area contributed by atoms with Crippen molar-refractivity contribution in [1.29, 1.82) is 0 Å². The second-order valence-corrected chi connectivity index (χ2v) is 8.68. The molecule has 1 N–H and O–H groups in total. The molecule has 0 radical (unpaired) electrons. The first-order chi connectivity index (χ1) is 15.1. The molecule has 3 saturated heterocycles. The normalized spacial score (nSPS) is 24.9. The van der Waals surface area contributed by atoms with E-state index >= 15 is 0 Å². The second kappa shape index (κ2) is 10.2. The Kier molecular flexibility index (Phi) is 7.75. The molecular weight excluding hydrogens is 431 g/mol. The number of amides is 1. The number of carboxylic acids is 1. The molecule has 1 atom stereocenters. The number of aliphatic carboxylic acids is 1. The van der Waals surface area contributed by atoms with E-state index in [1.165, 1.54) is 25.9 Å². The highest BCUT2D eigenvalue weighted by Crippen LogP contribution is 2.30. The Hall–Kier alpha value is -2.21. The SMILES string of the molecule is CC1(C(=O)N2CCC(n3cc(CN4CCCC4)nn3)CC2)CCCO1.O=C(O)C(F)(F)F. The van der Waals surface area contributed by atoms with Crippen LogP contribution < -0.4 is 0 Å². The van der Waals surface area contributed by atoms with Crippen molar-refractivity contribution < 1.29 is 32.6 Å². The minimum absolute atomic E-state index is 0.164. The monoisotopic (exact) mass is 461 g/mol. The molecule has 0 saturated carbocycles. The quantitative estimate of drug-likeness (QED) is 0.734. The van der Waals surface area contributed by atoms with Crippen molar-refractivity contribution in [3.63, 3.8) is 0 Å². The van der Waals surface area contributed by atoms with E-state index in [0.29, 0.717) is 12.6 Å². The molecule has 1 unspecified atom stereocenters. The summed E-state index contributed by atoms with van der Waals surface area (Å²) in [6.45, 7) is 7.47. The minimum Gasteiger partial charge on any atom is -0.475 e. The van der Waals surface area contributed by atoms with Gasteiger partial charge >= 0.3 is 12.1 Å². The maximum atomic E-state index is 12.7. The van der Waals surface area contributed by atoms with Gasteiger partial charge in [-0.2, -0.15) is 13.2 Å². The highest BCUT2D eigenvalue weighted by atomic mass is 19.4. The molecule has 32 heavy (non-hydrogen) atoms. The number of aromatic nitrogens is 3. The molecule has 0 aliphatic carbocycles. The van der Waals surface area contributed by atoms with Gasteiger partial charge in [0.1, 0.15) is 5.60 Å². The highest BCUT2D eigenvalue weighted by Gasteiger charge is 2.41. The Balaban J connectivity index is 0.000000360. The van der Waals surface area contributed by atoms with Gasteiger partial charge in [0, 0.05) is 26.2 Å². The van der Waals surface area contributed by atoms with Gasteiger partial charge in [-0.1, -0.05) is 5.21 Å². The second-order valence-electron chi connectivity index (χ2n) is 8.68. The number of carbonyl (C=O) groups excluding carboxylic acids is 1. The number of hydrogen-bond donors (Lipinski definition) is 1. The first kappa shape index (κ1) is 24.4. The zero-order valence-electron chi connectivity index (χ0n) is 18.2. The summed E-state index contributed by atoms with van der Waals surface area (Å²) in [6.07, 6.45) is 3.31. The Bertz CT molecular complexity index is 780. The van der Waals surface area contributed by atoms with Gasteiger partial charge in [-0.25, -0.2) is 9.48 Å². The van der Waals surface area contributed by atoms with Crippen LogP contribution in [0.25, 0.3) is 0 Å². The predicted octanol–water partition coefficient (Wildman–Crippen LogP) is 2.24. The third kappa shape index (κ3) is 6.18. The topological polar surface area (TPSA) is 101 Å². The van der Waals surface area contributed by atoms with Crippen LogP contribution >= 0.6 is 0 Å². The molecule has 12 heteroatoms. The van der Waals surface area contributed by atoms with Crippen LogP contribution in [0.4, 0.5) is 13.2 Å². The number of carbonyl (C=O) groups is 2. The first-order valence-corrected chi connectivity index (χ1v) is 10.9. The zero-order chi connectivity index (χ0) is 23.4. The molecule has 4 heterocycles. The Morgan fingerprint density at radius 1 is 1.19 bits per heavy atom. The van der Waals surface area contributed by atoms with Crippen LogP contribution in [0.15, 0.2) is 6.20 Å². The lowest BCUT2D eigenvalue weighted by atomic mass is 9.98. The van der Waals surface area contributed by atoms with Crippen molar-refractivity contribution in [2.45, 2.75) is 69.8 Å². The summed E-state index contributed by atoms with van der Waals surface area (Å²) < 4.78 is 39.5. The van der Waals surface area contributed by atoms with E-state index in [0.717, 1.165) is 51.0 Å². The summed E-state index contributed by atoms with van der Waals surface area (Å²) in [7, 11) is 0. The fourth-order valence-corrected chi connectivity index (χ4v) is 4.35. The van der Waals surface area contributed by atoms with E-state index < -0.39 is 17.7 Å². The third-order valence-electron chi connectivity index (χ3n) is 6.18. The van der Waals surface area contributed by atoms with Gasteiger partial charge in [-0.3, -0.25) is 9.69 Å².